The molecule has 5 nitrogen and oxygen atoms in total. The van der Waals surface area contributed by atoms with Gasteiger partial charge in [-0.15, -0.1) is 5.10 Å². The molecule has 0 radical (unpaired) electrons. The third kappa shape index (κ3) is 3.05. The molecule has 1 aromatic carbocycles. The van der Waals surface area contributed by atoms with Crippen molar-refractivity contribution in [2.45, 2.75) is 19.4 Å². The molecule has 1 heterocycles. The number of nitrogen functional groups attached to an aromatic ring is 1. The second kappa shape index (κ2) is 5.12. The Hall–Kier alpha value is -2.35. The number of aryl methyl sites for hydroxylation is 2. The van der Waals surface area contributed by atoms with Gasteiger partial charge in [-0.1, -0.05) is 12.1 Å². The van der Waals surface area contributed by atoms with Gasteiger partial charge in [0.25, 0.3) is 5.82 Å². The molecule has 1 aromatic heterocycles. The average molecular weight is 227 g/mol. The summed E-state index contributed by atoms with van der Waals surface area (Å²) in [7, 11) is 0. The molecule has 0 fully saturated rings. The summed E-state index contributed by atoms with van der Waals surface area (Å²) in [6.45, 7) is 0.753. The average Bonchev–Trinajstić information content (AvgIpc) is 2.77. The van der Waals surface area contributed by atoms with Gasteiger partial charge in [0.15, 0.2) is 0 Å². The summed E-state index contributed by atoms with van der Waals surface area (Å²) < 4.78 is 1.69. The van der Waals surface area contributed by atoms with Crippen molar-refractivity contribution < 1.29 is 0 Å². The van der Waals surface area contributed by atoms with E-state index in [1.807, 2.05) is 24.3 Å². The number of hydrogen-bond acceptors (Lipinski definition) is 4. The van der Waals surface area contributed by atoms with Gasteiger partial charge in [0.05, 0.1) is 0 Å². The zero-order chi connectivity index (χ0) is 12.1. The van der Waals surface area contributed by atoms with Crippen LogP contribution in [0.5, 0.6) is 0 Å². The van der Waals surface area contributed by atoms with Gasteiger partial charge in [0.1, 0.15) is 12.4 Å². The molecule has 0 unspecified atom stereocenters. The van der Waals surface area contributed by atoms with E-state index in [0.29, 0.717) is 0 Å². The fourth-order valence-electron chi connectivity index (χ4n) is 1.65. The van der Waals surface area contributed by atoms with Gasteiger partial charge in [0, 0.05) is 12.2 Å². The molecule has 0 atom stereocenters. The third-order valence-corrected chi connectivity index (χ3v) is 2.44. The van der Waals surface area contributed by atoms with Crippen LogP contribution in [0, 0.1) is 11.3 Å². The zero-order valence-electron chi connectivity index (χ0n) is 9.37. The van der Waals surface area contributed by atoms with Crippen LogP contribution >= 0.6 is 0 Å². The molecule has 0 spiro atoms. The summed E-state index contributed by atoms with van der Waals surface area (Å²) in [5.74, 6) is 0.217. The maximum Gasteiger partial charge on any atom is 0.252 e. The normalized spacial score (nSPS) is 10.1. The van der Waals surface area contributed by atoms with Crippen LogP contribution < -0.4 is 5.73 Å². The quantitative estimate of drug-likeness (QED) is 0.800. The zero-order valence-corrected chi connectivity index (χ0v) is 9.37. The van der Waals surface area contributed by atoms with E-state index in [4.69, 9.17) is 11.0 Å². The predicted molar refractivity (Wildman–Crippen MR) is 63.9 cm³/mol. The van der Waals surface area contributed by atoms with E-state index in [0.717, 1.165) is 25.1 Å². The molecule has 0 bridgehead atoms. The first-order chi connectivity index (χ1) is 8.28. The lowest BCUT2D eigenvalue weighted by molar-refractivity contribution is 0.576. The molecule has 86 valence electrons. The Morgan fingerprint density at radius 3 is 3.00 bits per heavy atom. The molecule has 0 aliphatic rings. The summed E-state index contributed by atoms with van der Waals surface area (Å²) in [6, 6.07) is 9.76. The lowest BCUT2D eigenvalue weighted by Crippen LogP contribution is -2.00. The maximum atomic E-state index is 8.58. The lowest BCUT2D eigenvalue weighted by Gasteiger charge is -2.02. The number of aromatic nitrogens is 3. The van der Waals surface area contributed by atoms with Gasteiger partial charge in [-0.05, 0) is 30.5 Å². The number of nitrogens with two attached hydrogens (primary N) is 1. The van der Waals surface area contributed by atoms with Crippen molar-refractivity contribution in [2.75, 3.05) is 5.73 Å². The van der Waals surface area contributed by atoms with Gasteiger partial charge in [-0.2, -0.15) is 5.26 Å². The molecule has 0 saturated carbocycles. The summed E-state index contributed by atoms with van der Waals surface area (Å²) in [5, 5.41) is 12.6. The minimum atomic E-state index is 0.217. The monoisotopic (exact) mass is 227 g/mol. The topological polar surface area (TPSA) is 80.5 Å². The van der Waals surface area contributed by atoms with Crippen LogP contribution in [-0.4, -0.2) is 14.8 Å². The summed E-state index contributed by atoms with van der Waals surface area (Å²) in [5.41, 5.74) is 7.70. The van der Waals surface area contributed by atoms with E-state index >= 15 is 0 Å². The van der Waals surface area contributed by atoms with Crippen LogP contribution in [0.4, 0.5) is 5.69 Å². The highest BCUT2D eigenvalue weighted by Gasteiger charge is 1.99. The number of hydrogen-bond donors (Lipinski definition) is 1. The van der Waals surface area contributed by atoms with Crippen molar-refractivity contribution in [3.63, 3.8) is 0 Å². The number of benzene rings is 1. The number of rotatable bonds is 4. The molecule has 2 aromatic rings. The Morgan fingerprint density at radius 2 is 2.29 bits per heavy atom. The SMILES string of the molecule is N#Cc1ncn(CCCc2cccc(N)c2)n1. The number of anilines is 1. The summed E-state index contributed by atoms with van der Waals surface area (Å²) in [6.07, 6.45) is 3.46. The minimum absolute atomic E-state index is 0.217. The van der Waals surface area contributed by atoms with E-state index in [2.05, 4.69) is 16.1 Å². The first-order valence-corrected chi connectivity index (χ1v) is 5.42. The third-order valence-electron chi connectivity index (χ3n) is 2.44. The van der Waals surface area contributed by atoms with Crippen LogP contribution in [0.1, 0.15) is 17.8 Å². The number of nitriles is 1. The molecule has 2 rings (SSSR count). The van der Waals surface area contributed by atoms with Crippen LogP contribution in [0.15, 0.2) is 30.6 Å². The Kier molecular flexibility index (Phi) is 3.36. The van der Waals surface area contributed by atoms with Crippen molar-refractivity contribution in [1.82, 2.24) is 14.8 Å². The van der Waals surface area contributed by atoms with Crippen LogP contribution in [0.2, 0.25) is 0 Å². The largest absolute Gasteiger partial charge is 0.399 e. The molecular weight excluding hydrogens is 214 g/mol. The van der Waals surface area contributed by atoms with Gasteiger partial charge in [0.2, 0.25) is 0 Å². The van der Waals surface area contributed by atoms with E-state index < -0.39 is 0 Å². The molecule has 0 aliphatic heterocycles. The standard InChI is InChI=1S/C12H13N5/c13-8-12-15-9-17(16-12)6-2-4-10-3-1-5-11(14)7-10/h1,3,5,7,9H,2,4,6,14H2. The van der Waals surface area contributed by atoms with Gasteiger partial charge in [-0.25, -0.2) is 4.98 Å². The van der Waals surface area contributed by atoms with Gasteiger partial charge < -0.3 is 5.73 Å². The van der Waals surface area contributed by atoms with Gasteiger partial charge in [-0.3, -0.25) is 4.68 Å². The maximum absolute atomic E-state index is 8.58. The molecule has 17 heavy (non-hydrogen) atoms. The fourth-order valence-corrected chi connectivity index (χ4v) is 1.65. The predicted octanol–water partition coefficient (Wildman–Crippen LogP) is 1.36. The smallest absolute Gasteiger partial charge is 0.252 e. The molecule has 0 saturated heterocycles. The van der Waals surface area contributed by atoms with E-state index in [1.54, 1.807) is 11.0 Å². The second-order valence-corrected chi connectivity index (χ2v) is 3.79. The number of nitrogens with zero attached hydrogens (tertiary/aromatic N) is 4. The van der Waals surface area contributed by atoms with Crippen molar-refractivity contribution in [3.8, 4) is 6.07 Å². The van der Waals surface area contributed by atoms with Crippen LogP contribution in [-0.2, 0) is 13.0 Å². The van der Waals surface area contributed by atoms with Gasteiger partial charge >= 0.3 is 0 Å². The second-order valence-electron chi connectivity index (χ2n) is 3.79. The molecule has 2 N–H and O–H groups in total. The molecule has 0 amide bonds. The highest BCUT2D eigenvalue weighted by Crippen LogP contribution is 2.09. The van der Waals surface area contributed by atoms with Crippen LogP contribution in [0.3, 0.4) is 0 Å². The van der Waals surface area contributed by atoms with Crippen molar-refractivity contribution >= 4 is 5.69 Å². The highest BCUT2D eigenvalue weighted by atomic mass is 15.3. The first-order valence-electron chi connectivity index (χ1n) is 5.42. The lowest BCUT2D eigenvalue weighted by atomic mass is 10.1. The Morgan fingerprint density at radius 1 is 1.41 bits per heavy atom. The molecule has 0 aliphatic carbocycles. The summed E-state index contributed by atoms with van der Waals surface area (Å²) >= 11 is 0. The molecular formula is C12H13N5. The van der Waals surface area contributed by atoms with E-state index in [1.165, 1.54) is 5.56 Å². The van der Waals surface area contributed by atoms with E-state index in [9.17, 15) is 0 Å². The fraction of sp³-hybridized carbons (Fsp3) is 0.250. The minimum Gasteiger partial charge on any atom is -0.399 e. The Bertz CT molecular complexity index is 538. The summed E-state index contributed by atoms with van der Waals surface area (Å²) in [4.78, 5) is 3.85. The Balaban J connectivity index is 1.85. The molecule has 5 heteroatoms. The first kappa shape index (κ1) is 11.1. The van der Waals surface area contributed by atoms with E-state index in [-0.39, 0.29) is 5.82 Å². The Labute approximate surface area is 99.5 Å². The van der Waals surface area contributed by atoms with Crippen LogP contribution in [0.25, 0.3) is 0 Å². The van der Waals surface area contributed by atoms with Crippen molar-refractivity contribution in [2.24, 2.45) is 0 Å². The highest BCUT2D eigenvalue weighted by molar-refractivity contribution is 5.40. The van der Waals surface area contributed by atoms with Crippen molar-refractivity contribution in [3.05, 3.63) is 42.0 Å². The van der Waals surface area contributed by atoms with Crippen molar-refractivity contribution in [1.29, 1.82) is 5.26 Å².